The lowest BCUT2D eigenvalue weighted by Gasteiger charge is -2.29. The zero-order chi connectivity index (χ0) is 14.7. The minimum atomic E-state index is -0.341. The van der Waals surface area contributed by atoms with Gasteiger partial charge >= 0.3 is 5.97 Å². The molecule has 0 spiro atoms. The third kappa shape index (κ3) is 4.13. The normalized spacial score (nSPS) is 33.2. The van der Waals surface area contributed by atoms with Gasteiger partial charge in [0, 0.05) is 25.8 Å². The average molecular weight is 308 g/mol. The summed E-state index contributed by atoms with van der Waals surface area (Å²) in [6, 6.07) is 0.435. The van der Waals surface area contributed by atoms with Crippen molar-refractivity contribution in [2.24, 2.45) is 4.99 Å². The molecule has 1 N–H and O–H groups in total. The van der Waals surface area contributed by atoms with Crippen LogP contribution in [0.3, 0.4) is 0 Å². The molecule has 114 valence electrons. The number of nitrogens with one attached hydrogen (secondary N) is 1. The first-order valence-electron chi connectivity index (χ1n) is 7.51. The summed E-state index contributed by atoms with van der Waals surface area (Å²) in [5, 5.41) is 4.46. The van der Waals surface area contributed by atoms with E-state index in [1.807, 2.05) is 0 Å². The number of carbonyl (C=O) groups excluding carboxylic acids is 1. The van der Waals surface area contributed by atoms with Crippen LogP contribution in [0.15, 0.2) is 4.99 Å². The number of rotatable bonds is 3. The largest absolute Gasteiger partial charge is 0.463 e. The number of hydrogen-bond donors (Lipinski definition) is 1. The van der Waals surface area contributed by atoms with E-state index in [1.54, 1.807) is 11.8 Å². The van der Waals surface area contributed by atoms with Gasteiger partial charge in [0.15, 0.2) is 5.17 Å². The zero-order valence-corrected chi connectivity index (χ0v) is 12.9. The summed E-state index contributed by atoms with van der Waals surface area (Å²) in [5.41, 5.74) is -0.0853. The van der Waals surface area contributed by atoms with E-state index in [-0.39, 0.29) is 30.2 Å². The first kappa shape index (κ1) is 15.2. The van der Waals surface area contributed by atoms with Gasteiger partial charge in [-0.05, 0) is 12.8 Å². The van der Waals surface area contributed by atoms with Gasteiger partial charge in [-0.2, -0.15) is 0 Å². The Hall–Kier alpha value is -0.750. The van der Waals surface area contributed by atoms with E-state index >= 15 is 0 Å². The van der Waals surface area contributed by atoms with Gasteiger partial charge in [0.1, 0.15) is 18.1 Å². The Balaban J connectivity index is 1.46. The number of amidine groups is 1. The zero-order valence-electron chi connectivity index (χ0n) is 12.1. The highest BCUT2D eigenvalue weighted by Crippen LogP contribution is 2.35. The first-order chi connectivity index (χ1) is 10.2. The number of carbonyl (C=O) groups is 1. The van der Waals surface area contributed by atoms with Gasteiger partial charge < -0.3 is 14.8 Å². The van der Waals surface area contributed by atoms with Gasteiger partial charge in [-0.3, -0.25) is 9.79 Å². The van der Waals surface area contributed by atoms with Crippen molar-refractivity contribution in [3.8, 4) is 0 Å². The second-order valence-corrected chi connectivity index (χ2v) is 6.65. The maximum atomic E-state index is 10.8. The minimum Gasteiger partial charge on any atom is -0.463 e. The second kappa shape index (κ2) is 7.01. The number of nitrogens with zero attached hydrogens (tertiary/aromatic N) is 1. The molecule has 0 unspecified atom stereocenters. The molecule has 6 heteroatoms. The molecule has 2 aliphatic heterocycles. The molecule has 1 aliphatic carbocycles. The summed E-state index contributed by atoms with van der Waals surface area (Å²) >= 11 is 1.60. The Morgan fingerprint density at radius 3 is 3.00 bits per heavy atom. The molecule has 0 amide bonds. The van der Waals surface area contributed by atoms with Crippen LogP contribution in [0, 0.1) is 12.8 Å². The van der Waals surface area contributed by atoms with Crippen LogP contribution in [0.2, 0.25) is 0 Å². The Morgan fingerprint density at radius 1 is 1.43 bits per heavy atom. The Bertz CT molecular complexity index is 410. The summed E-state index contributed by atoms with van der Waals surface area (Å²) in [6.45, 7) is 1.58. The third-order valence-electron chi connectivity index (χ3n) is 3.80. The highest BCUT2D eigenvalue weighted by atomic mass is 32.2. The molecule has 3 atom stereocenters. The number of thioether (sulfide) groups is 1. The lowest BCUT2D eigenvalue weighted by Crippen LogP contribution is -2.37. The van der Waals surface area contributed by atoms with E-state index in [2.05, 4.69) is 23.2 Å². The lowest BCUT2D eigenvalue weighted by molar-refractivity contribution is -0.145. The molecule has 0 aromatic rings. The molecule has 4 radical (unpaired) electrons. The number of aliphatic imine (C=N–C) groups is 1. The van der Waals surface area contributed by atoms with Crippen molar-refractivity contribution in [3.05, 3.63) is 12.8 Å². The summed E-state index contributed by atoms with van der Waals surface area (Å²) in [7, 11) is 0. The van der Waals surface area contributed by atoms with Crippen molar-refractivity contribution in [1.29, 1.82) is 0 Å². The smallest absolute Gasteiger partial charge is 0.302 e. The van der Waals surface area contributed by atoms with E-state index in [0.717, 1.165) is 5.17 Å². The summed E-state index contributed by atoms with van der Waals surface area (Å²) in [6.07, 6.45) is 12.1. The fourth-order valence-corrected chi connectivity index (χ4v) is 3.81. The topological polar surface area (TPSA) is 59.9 Å². The van der Waals surface area contributed by atoms with Gasteiger partial charge in [0.2, 0.25) is 0 Å². The van der Waals surface area contributed by atoms with E-state index in [1.165, 1.54) is 39.0 Å². The molecule has 3 aliphatic rings. The summed E-state index contributed by atoms with van der Waals surface area (Å²) < 4.78 is 10.8. The maximum Gasteiger partial charge on any atom is 0.302 e. The molecule has 21 heavy (non-hydrogen) atoms. The molecule has 3 rings (SSSR count). The van der Waals surface area contributed by atoms with Crippen molar-refractivity contribution >= 4 is 22.9 Å². The molecule has 0 aromatic heterocycles. The molecular formula is C15H20N2O3S. The van der Waals surface area contributed by atoms with Crippen LogP contribution in [-0.2, 0) is 14.3 Å². The Morgan fingerprint density at radius 2 is 2.24 bits per heavy atom. The van der Waals surface area contributed by atoms with E-state index in [0.29, 0.717) is 6.04 Å². The Labute approximate surface area is 130 Å². The van der Waals surface area contributed by atoms with Gasteiger partial charge in [-0.15, -0.1) is 0 Å². The Kier molecular flexibility index (Phi) is 5.06. The van der Waals surface area contributed by atoms with Crippen molar-refractivity contribution < 1.29 is 14.3 Å². The quantitative estimate of drug-likeness (QED) is 0.806. The second-order valence-electron chi connectivity index (χ2n) is 5.56. The van der Waals surface area contributed by atoms with Crippen LogP contribution in [-0.4, -0.2) is 41.4 Å². The van der Waals surface area contributed by atoms with Crippen molar-refractivity contribution in [2.75, 3.05) is 6.61 Å². The first-order valence-corrected chi connectivity index (χ1v) is 8.39. The molecule has 1 saturated carbocycles. The molecule has 2 fully saturated rings. The molecular weight excluding hydrogens is 288 g/mol. The van der Waals surface area contributed by atoms with E-state index in [9.17, 15) is 4.79 Å². The SMILES string of the molecule is CC(=O)OC[C@H]1[C][C][C@H]2N=C(NC3CCCCC3)S[C@H]2O1. The molecule has 0 aromatic carbocycles. The number of hydrogen-bond acceptors (Lipinski definition) is 6. The predicted octanol–water partition coefficient (Wildman–Crippen LogP) is 1.83. The maximum absolute atomic E-state index is 10.8. The fraction of sp³-hybridized carbons (Fsp3) is 0.733. The van der Waals surface area contributed by atoms with Crippen molar-refractivity contribution in [2.45, 2.75) is 62.7 Å². The van der Waals surface area contributed by atoms with Gasteiger partial charge in [-0.1, -0.05) is 31.0 Å². The van der Waals surface area contributed by atoms with Crippen LogP contribution in [0.4, 0.5) is 0 Å². The predicted molar refractivity (Wildman–Crippen MR) is 80.6 cm³/mol. The molecule has 2 heterocycles. The van der Waals surface area contributed by atoms with Crippen LogP contribution >= 0.6 is 11.8 Å². The number of esters is 1. The van der Waals surface area contributed by atoms with Crippen LogP contribution in [0.25, 0.3) is 0 Å². The standard InChI is InChI=1S/C15H20N2O3S/c1-10(18)19-9-12-7-8-13-14(20-12)21-15(17-13)16-11-5-3-2-4-6-11/h11-14H,2-6,9H2,1H3,(H,16,17)/t12-,13-,14-/m1/s1. The minimum absolute atomic E-state index is 0.0853. The third-order valence-corrected chi connectivity index (χ3v) is 4.85. The van der Waals surface area contributed by atoms with Gasteiger partial charge in [0.05, 0.1) is 6.04 Å². The fourth-order valence-electron chi connectivity index (χ4n) is 2.74. The van der Waals surface area contributed by atoms with E-state index in [4.69, 9.17) is 9.47 Å². The monoisotopic (exact) mass is 308 g/mol. The van der Waals surface area contributed by atoms with Crippen LogP contribution < -0.4 is 5.32 Å². The van der Waals surface area contributed by atoms with Crippen LogP contribution in [0.5, 0.6) is 0 Å². The molecule has 1 saturated heterocycles. The molecule has 0 bridgehead atoms. The van der Waals surface area contributed by atoms with Gasteiger partial charge in [0.25, 0.3) is 0 Å². The number of ether oxygens (including phenoxy) is 2. The number of fused-ring (bicyclic) bond motifs is 1. The van der Waals surface area contributed by atoms with E-state index < -0.39 is 0 Å². The van der Waals surface area contributed by atoms with Crippen LogP contribution in [0.1, 0.15) is 39.0 Å². The van der Waals surface area contributed by atoms with Gasteiger partial charge in [-0.25, -0.2) is 0 Å². The summed E-state index contributed by atoms with van der Waals surface area (Å²) in [4.78, 5) is 15.4. The summed E-state index contributed by atoms with van der Waals surface area (Å²) in [5.74, 6) is -0.308. The average Bonchev–Trinajstić information content (AvgIpc) is 2.87. The van der Waals surface area contributed by atoms with Crippen molar-refractivity contribution in [3.63, 3.8) is 0 Å². The van der Waals surface area contributed by atoms with Crippen molar-refractivity contribution in [1.82, 2.24) is 5.32 Å². The lowest BCUT2D eigenvalue weighted by atomic mass is 9.96. The molecule has 5 nitrogen and oxygen atoms in total. The highest BCUT2D eigenvalue weighted by Gasteiger charge is 2.38. The highest BCUT2D eigenvalue weighted by molar-refractivity contribution is 8.14.